The topological polar surface area (TPSA) is 89.5 Å². The summed E-state index contributed by atoms with van der Waals surface area (Å²) in [7, 11) is 0. The first-order valence-corrected chi connectivity index (χ1v) is 7.20. The number of likely N-dealkylation sites (tertiary alicyclic amines) is 1. The van der Waals surface area contributed by atoms with Crippen LogP contribution in [0.4, 0.5) is 5.69 Å². The minimum atomic E-state index is -0.475. The van der Waals surface area contributed by atoms with Crippen LogP contribution in [-0.4, -0.2) is 34.9 Å². The molecular weight excluding hydrogens is 270 g/mol. The van der Waals surface area contributed by atoms with E-state index < -0.39 is 4.92 Å². The predicted octanol–water partition coefficient (Wildman–Crippen LogP) is 2.10. The fourth-order valence-electron chi connectivity index (χ4n) is 2.75. The number of amides is 1. The van der Waals surface area contributed by atoms with Crippen LogP contribution in [0.5, 0.6) is 0 Å². The number of carbonyl (C=O) groups is 1. The van der Waals surface area contributed by atoms with Crippen LogP contribution in [0, 0.1) is 23.0 Å². The summed E-state index contributed by atoms with van der Waals surface area (Å²) in [5.74, 6) is 0.156. The van der Waals surface area contributed by atoms with Crippen LogP contribution in [-0.2, 0) is 0 Å². The monoisotopic (exact) mass is 291 g/mol. The number of carbonyl (C=O) groups excluding carboxylic acids is 1. The van der Waals surface area contributed by atoms with Gasteiger partial charge in [0.05, 0.1) is 4.92 Å². The van der Waals surface area contributed by atoms with Gasteiger partial charge in [-0.15, -0.1) is 0 Å². The normalized spacial score (nSPS) is 20.1. The van der Waals surface area contributed by atoms with E-state index in [-0.39, 0.29) is 17.6 Å². The lowest BCUT2D eigenvalue weighted by Crippen LogP contribution is -2.45. The molecule has 0 radical (unpaired) electrons. The maximum absolute atomic E-state index is 12.6. The standard InChI is InChI=1S/C15H21N3O3/c1-10-5-6-13(18(20)21)8-14(10)15(19)17-7-3-4-12(9-17)11(2)16/h5-6,8,11-12H,3-4,7,9,16H2,1-2H3. The number of piperidine rings is 1. The highest BCUT2D eigenvalue weighted by Gasteiger charge is 2.27. The highest BCUT2D eigenvalue weighted by molar-refractivity contribution is 5.96. The molecule has 1 heterocycles. The minimum Gasteiger partial charge on any atom is -0.338 e. The van der Waals surface area contributed by atoms with E-state index in [4.69, 9.17) is 5.73 Å². The van der Waals surface area contributed by atoms with Crippen molar-refractivity contribution in [3.05, 3.63) is 39.4 Å². The molecule has 2 N–H and O–H groups in total. The molecule has 2 unspecified atom stereocenters. The molecule has 1 saturated heterocycles. The number of rotatable bonds is 3. The van der Waals surface area contributed by atoms with E-state index in [0.717, 1.165) is 18.4 Å². The average molecular weight is 291 g/mol. The summed E-state index contributed by atoms with van der Waals surface area (Å²) in [5, 5.41) is 10.9. The highest BCUT2D eigenvalue weighted by Crippen LogP contribution is 2.23. The first-order valence-electron chi connectivity index (χ1n) is 7.20. The first kappa shape index (κ1) is 15.4. The van der Waals surface area contributed by atoms with Gasteiger partial charge in [-0.05, 0) is 38.2 Å². The third kappa shape index (κ3) is 3.39. The number of hydrogen-bond acceptors (Lipinski definition) is 4. The summed E-state index contributed by atoms with van der Waals surface area (Å²) in [5.41, 5.74) is 7.05. The molecule has 0 aliphatic carbocycles. The molecule has 1 fully saturated rings. The van der Waals surface area contributed by atoms with Gasteiger partial charge in [0.25, 0.3) is 11.6 Å². The molecule has 21 heavy (non-hydrogen) atoms. The summed E-state index contributed by atoms with van der Waals surface area (Å²) in [4.78, 5) is 24.8. The Morgan fingerprint density at radius 3 is 2.86 bits per heavy atom. The van der Waals surface area contributed by atoms with Crippen molar-refractivity contribution in [2.45, 2.75) is 32.7 Å². The molecule has 1 aromatic carbocycles. The molecule has 1 aliphatic rings. The Balaban J connectivity index is 2.23. The molecule has 1 amide bonds. The molecule has 114 valence electrons. The van der Waals surface area contributed by atoms with Crippen molar-refractivity contribution in [3.63, 3.8) is 0 Å². The third-order valence-corrected chi connectivity index (χ3v) is 4.15. The quantitative estimate of drug-likeness (QED) is 0.682. The van der Waals surface area contributed by atoms with Gasteiger partial charge in [-0.1, -0.05) is 6.07 Å². The van der Waals surface area contributed by atoms with Crippen LogP contribution in [0.25, 0.3) is 0 Å². The van der Waals surface area contributed by atoms with Crippen molar-refractivity contribution in [3.8, 4) is 0 Å². The zero-order chi connectivity index (χ0) is 15.6. The van der Waals surface area contributed by atoms with Crippen molar-refractivity contribution < 1.29 is 9.72 Å². The largest absolute Gasteiger partial charge is 0.338 e. The Bertz CT molecular complexity index is 557. The van der Waals surface area contributed by atoms with E-state index in [1.54, 1.807) is 17.9 Å². The maximum Gasteiger partial charge on any atom is 0.270 e. The highest BCUT2D eigenvalue weighted by atomic mass is 16.6. The van der Waals surface area contributed by atoms with Crippen LogP contribution in [0.2, 0.25) is 0 Å². The summed E-state index contributed by atoms with van der Waals surface area (Å²) >= 11 is 0. The second-order valence-corrected chi connectivity index (χ2v) is 5.77. The van der Waals surface area contributed by atoms with Crippen LogP contribution in [0.3, 0.4) is 0 Å². The number of nitrogens with two attached hydrogens (primary N) is 1. The lowest BCUT2D eigenvalue weighted by Gasteiger charge is -2.34. The van der Waals surface area contributed by atoms with E-state index in [1.807, 2.05) is 6.92 Å². The van der Waals surface area contributed by atoms with Crippen molar-refractivity contribution in [1.29, 1.82) is 0 Å². The van der Waals surface area contributed by atoms with Gasteiger partial charge in [-0.3, -0.25) is 14.9 Å². The zero-order valence-electron chi connectivity index (χ0n) is 12.4. The number of nitro benzene ring substituents is 1. The van der Waals surface area contributed by atoms with Crippen LogP contribution in [0.15, 0.2) is 18.2 Å². The first-order chi connectivity index (χ1) is 9.90. The Morgan fingerprint density at radius 2 is 2.24 bits per heavy atom. The summed E-state index contributed by atoms with van der Waals surface area (Å²) in [6, 6.07) is 4.46. The van der Waals surface area contributed by atoms with Gasteiger partial charge in [0.15, 0.2) is 0 Å². The molecule has 0 saturated carbocycles. The Kier molecular flexibility index (Phi) is 4.57. The lowest BCUT2D eigenvalue weighted by molar-refractivity contribution is -0.384. The Hall–Kier alpha value is -1.95. The number of nitrogens with zero attached hydrogens (tertiary/aromatic N) is 2. The van der Waals surface area contributed by atoms with Crippen molar-refractivity contribution in [1.82, 2.24) is 4.90 Å². The van der Waals surface area contributed by atoms with Crippen molar-refractivity contribution in [2.24, 2.45) is 11.7 Å². The van der Waals surface area contributed by atoms with E-state index in [9.17, 15) is 14.9 Å². The summed E-state index contributed by atoms with van der Waals surface area (Å²) in [6.07, 6.45) is 1.95. The molecule has 1 aliphatic heterocycles. The Morgan fingerprint density at radius 1 is 1.52 bits per heavy atom. The number of hydrogen-bond donors (Lipinski definition) is 1. The van der Waals surface area contributed by atoms with E-state index >= 15 is 0 Å². The molecular formula is C15H21N3O3. The van der Waals surface area contributed by atoms with Crippen LogP contribution < -0.4 is 5.73 Å². The van der Waals surface area contributed by atoms with Gasteiger partial charge in [-0.25, -0.2) is 0 Å². The number of non-ortho nitro benzene ring substituents is 1. The number of nitro groups is 1. The summed E-state index contributed by atoms with van der Waals surface area (Å²) in [6.45, 7) is 5.06. The average Bonchev–Trinajstić information content (AvgIpc) is 2.47. The maximum atomic E-state index is 12.6. The summed E-state index contributed by atoms with van der Waals surface area (Å²) < 4.78 is 0. The van der Waals surface area contributed by atoms with Crippen molar-refractivity contribution in [2.75, 3.05) is 13.1 Å². The van der Waals surface area contributed by atoms with Gasteiger partial charge in [0.2, 0.25) is 0 Å². The fraction of sp³-hybridized carbons (Fsp3) is 0.533. The molecule has 6 heteroatoms. The van der Waals surface area contributed by atoms with Crippen LogP contribution in [0.1, 0.15) is 35.7 Å². The molecule has 2 rings (SSSR count). The molecule has 0 aromatic heterocycles. The van der Waals surface area contributed by atoms with Crippen LogP contribution >= 0.6 is 0 Å². The Labute approximate surface area is 124 Å². The minimum absolute atomic E-state index is 0.0480. The van der Waals surface area contributed by atoms with E-state index in [2.05, 4.69) is 0 Å². The SMILES string of the molecule is Cc1ccc([N+](=O)[O-])cc1C(=O)N1CCCC(C(C)N)C1. The molecule has 2 atom stereocenters. The smallest absolute Gasteiger partial charge is 0.270 e. The number of benzene rings is 1. The van der Waals surface area contributed by atoms with E-state index in [0.29, 0.717) is 24.6 Å². The second-order valence-electron chi connectivity index (χ2n) is 5.77. The molecule has 0 spiro atoms. The third-order valence-electron chi connectivity index (χ3n) is 4.15. The predicted molar refractivity (Wildman–Crippen MR) is 80.1 cm³/mol. The van der Waals surface area contributed by atoms with Gasteiger partial charge >= 0.3 is 0 Å². The lowest BCUT2D eigenvalue weighted by atomic mass is 9.91. The molecule has 1 aromatic rings. The molecule has 0 bridgehead atoms. The zero-order valence-corrected chi connectivity index (χ0v) is 12.4. The van der Waals surface area contributed by atoms with Crippen molar-refractivity contribution >= 4 is 11.6 Å². The van der Waals surface area contributed by atoms with Gasteiger partial charge < -0.3 is 10.6 Å². The second kappa shape index (κ2) is 6.22. The van der Waals surface area contributed by atoms with Gasteiger partial charge in [-0.2, -0.15) is 0 Å². The number of aryl methyl sites for hydroxylation is 1. The van der Waals surface area contributed by atoms with Gasteiger partial charge in [0, 0.05) is 36.8 Å². The molecule has 6 nitrogen and oxygen atoms in total. The fourth-order valence-corrected chi connectivity index (χ4v) is 2.75. The van der Waals surface area contributed by atoms with E-state index in [1.165, 1.54) is 12.1 Å². The van der Waals surface area contributed by atoms with Gasteiger partial charge in [0.1, 0.15) is 0 Å².